The Kier molecular flexibility index (Phi) is 3.43. The zero-order chi connectivity index (χ0) is 7.28. The summed E-state index contributed by atoms with van der Waals surface area (Å²) in [6.07, 6.45) is 0.776. The monoisotopic (exact) mass is 134 g/mol. The van der Waals surface area contributed by atoms with E-state index in [1.54, 1.807) is 0 Å². The van der Waals surface area contributed by atoms with Gasteiger partial charge in [0.15, 0.2) is 0 Å². The maximum atomic E-state index is 11.2. The lowest BCUT2D eigenvalue weighted by Crippen LogP contribution is -1.83. The molecule has 0 heterocycles. The van der Waals surface area contributed by atoms with Crippen LogP contribution in [0.4, 0.5) is 8.78 Å². The van der Waals surface area contributed by atoms with Crippen molar-refractivity contribution in [2.75, 3.05) is 0 Å². The number of halogens is 2. The summed E-state index contributed by atoms with van der Waals surface area (Å²) in [5, 5.41) is 0. The van der Waals surface area contributed by atoms with E-state index in [-0.39, 0.29) is 0 Å². The van der Waals surface area contributed by atoms with Crippen molar-refractivity contribution < 1.29 is 18.4 Å². The smallest absolute Gasteiger partial charge is 0.261 e. The molecule has 0 saturated carbocycles. The van der Waals surface area contributed by atoms with Gasteiger partial charge in [-0.05, 0) is 0 Å². The van der Waals surface area contributed by atoms with Crippen molar-refractivity contribution in [3.05, 3.63) is 12.2 Å². The second kappa shape index (κ2) is 3.88. The van der Waals surface area contributed by atoms with Crippen LogP contribution in [0.2, 0.25) is 0 Å². The van der Waals surface area contributed by atoms with E-state index in [9.17, 15) is 18.4 Å². The zero-order valence-electron chi connectivity index (χ0n) is 4.43. The highest BCUT2D eigenvalue weighted by Crippen LogP contribution is 1.87. The van der Waals surface area contributed by atoms with Gasteiger partial charge in [-0.25, -0.2) is 0 Å². The van der Waals surface area contributed by atoms with Gasteiger partial charge in [-0.15, -0.1) is 0 Å². The van der Waals surface area contributed by atoms with Crippen LogP contribution in [0.15, 0.2) is 12.2 Å². The Balaban J connectivity index is 3.48. The minimum Gasteiger partial charge on any atom is -0.261 e. The zero-order valence-corrected chi connectivity index (χ0v) is 4.43. The van der Waals surface area contributed by atoms with Gasteiger partial charge in [0.05, 0.1) is 6.42 Å². The van der Waals surface area contributed by atoms with E-state index in [0.29, 0.717) is 6.08 Å². The van der Waals surface area contributed by atoms with Crippen LogP contribution in [0.25, 0.3) is 0 Å². The first-order valence-corrected chi connectivity index (χ1v) is 2.17. The summed E-state index contributed by atoms with van der Waals surface area (Å²) in [6, 6.07) is -3.27. The summed E-state index contributed by atoms with van der Waals surface area (Å²) < 4.78 is 22.4. The van der Waals surface area contributed by atoms with Gasteiger partial charge in [-0.2, -0.15) is 8.78 Å². The van der Waals surface area contributed by atoms with E-state index in [2.05, 4.69) is 0 Å². The van der Waals surface area contributed by atoms with Crippen molar-refractivity contribution in [3.8, 4) is 0 Å². The van der Waals surface area contributed by atoms with Gasteiger partial charge in [-0.1, -0.05) is 6.08 Å². The Morgan fingerprint density at radius 2 is 1.89 bits per heavy atom. The molecule has 0 fully saturated rings. The Hall–Kier alpha value is -1.06. The molecular formula is C5H4F2O2. The van der Waals surface area contributed by atoms with Crippen molar-refractivity contribution >= 4 is 12.1 Å². The Morgan fingerprint density at radius 1 is 1.33 bits per heavy atom. The molecule has 0 aliphatic rings. The minimum atomic E-state index is -1.68. The van der Waals surface area contributed by atoms with Crippen LogP contribution >= 0.6 is 0 Å². The van der Waals surface area contributed by atoms with E-state index >= 15 is 0 Å². The third-order valence-electron chi connectivity index (χ3n) is 0.527. The molecule has 0 aliphatic carbocycles. The lowest BCUT2D eigenvalue weighted by molar-refractivity contribution is -0.128. The van der Waals surface area contributed by atoms with Crippen LogP contribution in [-0.4, -0.2) is 12.1 Å². The Morgan fingerprint density at radius 3 is 2.22 bits per heavy atom. The maximum absolute atomic E-state index is 11.2. The topological polar surface area (TPSA) is 34.1 Å². The van der Waals surface area contributed by atoms with Crippen LogP contribution in [-0.2, 0) is 9.59 Å². The summed E-state index contributed by atoms with van der Waals surface area (Å²) in [7, 11) is 0. The molecule has 0 amide bonds. The van der Waals surface area contributed by atoms with Crippen molar-refractivity contribution in [1.29, 1.82) is 0 Å². The third-order valence-corrected chi connectivity index (χ3v) is 0.527. The van der Waals surface area contributed by atoms with Crippen molar-refractivity contribution in [2.24, 2.45) is 0 Å². The number of carbonyl (C=O) groups is 2. The van der Waals surface area contributed by atoms with E-state index in [1.807, 2.05) is 0 Å². The number of carbonyl (C=O) groups excluding carboxylic acids is 2. The minimum absolute atomic E-state index is 0.498. The second-order valence-electron chi connectivity index (χ2n) is 1.27. The maximum Gasteiger partial charge on any atom is 0.324 e. The molecule has 0 saturated heterocycles. The number of rotatable bonds is 3. The van der Waals surface area contributed by atoms with E-state index < -0.39 is 18.5 Å². The summed E-state index contributed by atoms with van der Waals surface area (Å²) >= 11 is 0. The molecule has 50 valence electrons. The highest BCUT2D eigenvalue weighted by atomic mass is 19.1. The quantitative estimate of drug-likeness (QED) is 0.425. The van der Waals surface area contributed by atoms with Crippen LogP contribution in [0.3, 0.4) is 0 Å². The summed E-state index contributed by atoms with van der Waals surface area (Å²) in [5.74, 6) is 0. The van der Waals surface area contributed by atoms with Crippen LogP contribution in [0.5, 0.6) is 0 Å². The SMILES string of the molecule is O=C(F)/C=C\CC(=O)F. The molecule has 0 aromatic carbocycles. The molecule has 0 N–H and O–H groups in total. The lowest BCUT2D eigenvalue weighted by atomic mass is 10.4. The number of hydrogen-bond donors (Lipinski definition) is 0. The van der Waals surface area contributed by atoms with Gasteiger partial charge in [0, 0.05) is 6.08 Å². The molecule has 0 radical (unpaired) electrons. The third kappa shape index (κ3) is 6.94. The average molecular weight is 134 g/mol. The fourth-order valence-corrected chi connectivity index (χ4v) is 0.244. The molecule has 0 rings (SSSR count). The highest BCUT2D eigenvalue weighted by molar-refractivity contribution is 5.81. The first kappa shape index (κ1) is 7.94. The van der Waals surface area contributed by atoms with Crippen molar-refractivity contribution in [2.45, 2.75) is 6.42 Å². The molecule has 0 spiro atoms. The van der Waals surface area contributed by atoms with E-state index in [0.717, 1.165) is 6.08 Å². The molecule has 4 heteroatoms. The van der Waals surface area contributed by atoms with Gasteiger partial charge in [0.1, 0.15) is 0 Å². The molecular weight excluding hydrogens is 130 g/mol. The normalized spacial score (nSPS) is 10.0. The molecule has 0 aromatic heterocycles. The molecule has 9 heavy (non-hydrogen) atoms. The van der Waals surface area contributed by atoms with E-state index in [1.165, 1.54) is 0 Å². The van der Waals surface area contributed by atoms with Gasteiger partial charge >= 0.3 is 12.1 Å². The fraction of sp³-hybridized carbons (Fsp3) is 0.200. The fourth-order valence-electron chi connectivity index (χ4n) is 0.244. The molecule has 0 atom stereocenters. The lowest BCUT2D eigenvalue weighted by Gasteiger charge is -1.75. The van der Waals surface area contributed by atoms with Crippen LogP contribution in [0.1, 0.15) is 6.42 Å². The molecule has 2 nitrogen and oxygen atoms in total. The molecule has 0 bridgehead atoms. The summed E-state index contributed by atoms with van der Waals surface area (Å²) in [5.41, 5.74) is 0. The van der Waals surface area contributed by atoms with Gasteiger partial charge in [0.2, 0.25) is 0 Å². The molecule has 0 unspecified atom stereocenters. The predicted molar refractivity (Wildman–Crippen MR) is 26.0 cm³/mol. The number of allylic oxidation sites excluding steroid dienone is 2. The Bertz CT molecular complexity index is 151. The van der Waals surface area contributed by atoms with Crippen molar-refractivity contribution in [3.63, 3.8) is 0 Å². The number of hydrogen-bond acceptors (Lipinski definition) is 2. The van der Waals surface area contributed by atoms with E-state index in [4.69, 9.17) is 0 Å². The molecule has 0 aliphatic heterocycles. The predicted octanol–water partition coefficient (Wildman–Crippen LogP) is 0.925. The highest BCUT2D eigenvalue weighted by Gasteiger charge is 1.92. The average Bonchev–Trinajstić information content (AvgIpc) is 1.63. The molecule has 0 aromatic rings. The van der Waals surface area contributed by atoms with Crippen LogP contribution < -0.4 is 0 Å². The van der Waals surface area contributed by atoms with Gasteiger partial charge in [0.25, 0.3) is 0 Å². The Labute approximate surface area is 50.2 Å². The summed E-state index contributed by atoms with van der Waals surface area (Å²) in [6.45, 7) is 0. The first-order valence-electron chi connectivity index (χ1n) is 2.17. The standard InChI is InChI=1S/C5H4F2O2/c6-4(8)2-1-3-5(7)9/h1-2H,3H2/b2-1-. The first-order chi connectivity index (χ1) is 4.13. The largest absolute Gasteiger partial charge is 0.324 e. The van der Waals surface area contributed by atoms with Gasteiger partial charge < -0.3 is 0 Å². The van der Waals surface area contributed by atoms with Gasteiger partial charge in [-0.3, -0.25) is 9.59 Å². The second-order valence-corrected chi connectivity index (χ2v) is 1.27. The van der Waals surface area contributed by atoms with Crippen molar-refractivity contribution in [1.82, 2.24) is 0 Å². The van der Waals surface area contributed by atoms with Crippen LogP contribution in [0, 0.1) is 0 Å². The summed E-state index contributed by atoms with van der Waals surface area (Å²) in [4.78, 5) is 18.9.